The molecule has 3 N–H and O–H groups in total. The van der Waals surface area contributed by atoms with Crippen molar-refractivity contribution >= 4 is 34.2 Å². The minimum Gasteiger partial charge on any atom is -0.398 e. The standard InChI is InChI=1S/C15H11ClFN3O2/c1-7-5-11-12(6-10(7)18)20(15(22)19-11)14(21)13-8(16)3-2-4-9(13)17/h2-6H,18H2,1H3,(H,19,22). The number of hydrogen-bond donors (Lipinski definition) is 2. The molecule has 1 heterocycles. The summed E-state index contributed by atoms with van der Waals surface area (Å²) in [6.45, 7) is 1.78. The fourth-order valence-electron chi connectivity index (χ4n) is 2.29. The van der Waals surface area contributed by atoms with Crippen LogP contribution in [-0.4, -0.2) is 15.5 Å². The van der Waals surface area contributed by atoms with E-state index in [0.29, 0.717) is 11.2 Å². The molecular formula is C15H11ClFN3O2. The predicted octanol–water partition coefficient (Wildman–Crippen LogP) is 2.70. The van der Waals surface area contributed by atoms with E-state index in [1.807, 2.05) is 0 Å². The van der Waals surface area contributed by atoms with Crippen LogP contribution in [0.2, 0.25) is 5.02 Å². The van der Waals surface area contributed by atoms with E-state index in [1.165, 1.54) is 18.2 Å². The number of hydrogen-bond acceptors (Lipinski definition) is 3. The third-order valence-corrected chi connectivity index (χ3v) is 3.76. The van der Waals surface area contributed by atoms with Crippen LogP contribution in [0.3, 0.4) is 0 Å². The largest absolute Gasteiger partial charge is 0.398 e. The van der Waals surface area contributed by atoms with Gasteiger partial charge >= 0.3 is 5.69 Å². The topological polar surface area (TPSA) is 80.9 Å². The molecule has 0 radical (unpaired) electrons. The number of fused-ring (bicyclic) bond motifs is 1. The molecule has 7 heteroatoms. The Morgan fingerprint density at radius 1 is 1.36 bits per heavy atom. The minimum atomic E-state index is -0.845. The molecule has 0 fully saturated rings. The summed E-state index contributed by atoms with van der Waals surface area (Å²) in [5, 5.41) is -0.0636. The molecule has 0 amide bonds. The molecule has 0 aliphatic carbocycles. The molecule has 3 aromatic rings. The lowest BCUT2D eigenvalue weighted by molar-refractivity contribution is 0.0957. The molecular weight excluding hydrogens is 309 g/mol. The summed E-state index contributed by atoms with van der Waals surface area (Å²) >= 11 is 5.89. The van der Waals surface area contributed by atoms with Crippen molar-refractivity contribution in [1.29, 1.82) is 0 Å². The number of aromatic amines is 1. The predicted molar refractivity (Wildman–Crippen MR) is 82.8 cm³/mol. The van der Waals surface area contributed by atoms with Gasteiger partial charge in [-0.3, -0.25) is 4.79 Å². The van der Waals surface area contributed by atoms with E-state index in [2.05, 4.69) is 4.98 Å². The van der Waals surface area contributed by atoms with Crippen LogP contribution in [0, 0.1) is 12.7 Å². The highest BCUT2D eigenvalue weighted by Gasteiger charge is 2.22. The van der Waals surface area contributed by atoms with E-state index in [0.717, 1.165) is 16.2 Å². The smallest absolute Gasteiger partial charge is 0.333 e. The fourth-order valence-corrected chi connectivity index (χ4v) is 2.54. The molecule has 0 unspecified atom stereocenters. The van der Waals surface area contributed by atoms with Crippen LogP contribution in [0.5, 0.6) is 0 Å². The number of carbonyl (C=O) groups is 1. The number of aryl methyl sites for hydroxylation is 1. The number of nitrogen functional groups attached to an aromatic ring is 1. The number of halogens is 2. The first kappa shape index (κ1) is 14.3. The lowest BCUT2D eigenvalue weighted by Gasteiger charge is -2.07. The molecule has 0 atom stereocenters. The van der Waals surface area contributed by atoms with Crippen LogP contribution >= 0.6 is 11.6 Å². The third kappa shape index (κ3) is 2.08. The number of imidazole rings is 1. The Hall–Kier alpha value is -2.60. The highest BCUT2D eigenvalue weighted by atomic mass is 35.5. The van der Waals surface area contributed by atoms with Gasteiger partial charge in [0.25, 0.3) is 5.91 Å². The van der Waals surface area contributed by atoms with Gasteiger partial charge in [-0.2, -0.15) is 0 Å². The lowest BCUT2D eigenvalue weighted by atomic mass is 10.1. The van der Waals surface area contributed by atoms with Crippen molar-refractivity contribution in [3.8, 4) is 0 Å². The van der Waals surface area contributed by atoms with Crippen molar-refractivity contribution in [2.24, 2.45) is 0 Å². The number of rotatable bonds is 1. The second-order valence-corrected chi connectivity index (χ2v) is 5.30. The normalized spacial score (nSPS) is 11.0. The van der Waals surface area contributed by atoms with Crippen LogP contribution in [0.15, 0.2) is 35.1 Å². The maximum absolute atomic E-state index is 13.9. The number of nitrogens with zero attached hydrogens (tertiary/aromatic N) is 1. The van der Waals surface area contributed by atoms with E-state index in [4.69, 9.17) is 17.3 Å². The van der Waals surface area contributed by atoms with E-state index in [-0.39, 0.29) is 16.1 Å². The summed E-state index contributed by atoms with van der Waals surface area (Å²) in [5.41, 5.74) is 6.69. The number of benzene rings is 2. The van der Waals surface area contributed by atoms with Gasteiger partial charge in [0.05, 0.1) is 21.6 Å². The Morgan fingerprint density at radius 3 is 2.77 bits per heavy atom. The minimum absolute atomic E-state index is 0.0636. The molecule has 22 heavy (non-hydrogen) atoms. The molecule has 0 spiro atoms. The van der Waals surface area contributed by atoms with E-state index in [9.17, 15) is 14.0 Å². The Balaban J connectivity index is 2.31. The zero-order chi connectivity index (χ0) is 16.0. The summed E-state index contributed by atoms with van der Waals surface area (Å²) in [7, 11) is 0. The van der Waals surface area contributed by atoms with Gasteiger partial charge in [0.1, 0.15) is 5.82 Å². The summed E-state index contributed by atoms with van der Waals surface area (Å²) in [6.07, 6.45) is 0. The maximum Gasteiger partial charge on any atom is 0.333 e. The first-order valence-corrected chi connectivity index (χ1v) is 6.77. The van der Waals surface area contributed by atoms with Gasteiger partial charge in [-0.05, 0) is 36.8 Å². The van der Waals surface area contributed by atoms with Crippen molar-refractivity contribution in [3.05, 3.63) is 62.8 Å². The van der Waals surface area contributed by atoms with Crippen molar-refractivity contribution in [2.75, 3.05) is 5.73 Å². The van der Waals surface area contributed by atoms with Gasteiger partial charge in [0.2, 0.25) is 0 Å². The summed E-state index contributed by atoms with van der Waals surface area (Å²) in [4.78, 5) is 27.2. The van der Waals surface area contributed by atoms with Crippen molar-refractivity contribution in [3.63, 3.8) is 0 Å². The average molecular weight is 320 g/mol. The van der Waals surface area contributed by atoms with Crippen molar-refractivity contribution in [1.82, 2.24) is 9.55 Å². The first-order chi connectivity index (χ1) is 10.4. The van der Waals surface area contributed by atoms with E-state index in [1.54, 1.807) is 13.0 Å². The van der Waals surface area contributed by atoms with Crippen LogP contribution in [0.4, 0.5) is 10.1 Å². The Bertz CT molecular complexity index is 955. The molecule has 0 aliphatic rings. The molecule has 0 saturated heterocycles. The molecule has 3 rings (SSSR count). The van der Waals surface area contributed by atoms with E-state index < -0.39 is 17.4 Å². The monoisotopic (exact) mass is 319 g/mol. The van der Waals surface area contributed by atoms with Crippen LogP contribution in [-0.2, 0) is 0 Å². The quantitative estimate of drug-likeness (QED) is 0.677. The third-order valence-electron chi connectivity index (χ3n) is 3.45. The van der Waals surface area contributed by atoms with Crippen LogP contribution < -0.4 is 11.4 Å². The highest BCUT2D eigenvalue weighted by Crippen LogP contribution is 2.23. The Morgan fingerprint density at radius 2 is 2.09 bits per heavy atom. The molecule has 1 aromatic heterocycles. The van der Waals surface area contributed by atoms with Crippen molar-refractivity contribution < 1.29 is 9.18 Å². The van der Waals surface area contributed by atoms with Gasteiger partial charge < -0.3 is 10.7 Å². The zero-order valence-electron chi connectivity index (χ0n) is 11.5. The number of anilines is 1. The van der Waals surface area contributed by atoms with Crippen molar-refractivity contribution in [2.45, 2.75) is 6.92 Å². The first-order valence-electron chi connectivity index (χ1n) is 6.39. The van der Waals surface area contributed by atoms with E-state index >= 15 is 0 Å². The Kier molecular flexibility index (Phi) is 3.26. The summed E-state index contributed by atoms with van der Waals surface area (Å²) in [5.74, 6) is -1.64. The van der Waals surface area contributed by atoms with Gasteiger partial charge in [0.15, 0.2) is 0 Å². The number of nitrogens with two attached hydrogens (primary N) is 1. The molecule has 0 saturated carbocycles. The molecule has 0 bridgehead atoms. The molecule has 112 valence electrons. The number of carbonyl (C=O) groups excluding carboxylic acids is 1. The van der Waals surface area contributed by atoms with Gasteiger partial charge in [-0.15, -0.1) is 0 Å². The second-order valence-electron chi connectivity index (χ2n) is 4.89. The summed E-state index contributed by atoms with van der Waals surface area (Å²) in [6, 6.07) is 7.02. The molecule has 5 nitrogen and oxygen atoms in total. The highest BCUT2D eigenvalue weighted by molar-refractivity contribution is 6.34. The maximum atomic E-state index is 13.9. The number of aromatic nitrogens is 2. The van der Waals surface area contributed by atoms with Crippen LogP contribution in [0.1, 0.15) is 15.9 Å². The van der Waals surface area contributed by atoms with Crippen LogP contribution in [0.25, 0.3) is 11.0 Å². The molecule has 2 aromatic carbocycles. The lowest BCUT2D eigenvalue weighted by Crippen LogP contribution is -2.26. The Labute approximate surface area is 129 Å². The second kappa shape index (κ2) is 4.99. The van der Waals surface area contributed by atoms with Gasteiger partial charge in [-0.25, -0.2) is 13.8 Å². The van der Waals surface area contributed by atoms with Gasteiger partial charge in [0, 0.05) is 5.69 Å². The molecule has 0 aliphatic heterocycles. The fraction of sp³-hybridized carbons (Fsp3) is 0.0667. The average Bonchev–Trinajstić information content (AvgIpc) is 2.74. The SMILES string of the molecule is Cc1cc2[nH]c(=O)n(C(=O)c3c(F)cccc3Cl)c2cc1N. The van der Waals surface area contributed by atoms with Gasteiger partial charge in [-0.1, -0.05) is 17.7 Å². The zero-order valence-corrected chi connectivity index (χ0v) is 12.2. The number of H-pyrrole nitrogens is 1. The summed E-state index contributed by atoms with van der Waals surface area (Å²) < 4.78 is 14.7. The number of nitrogens with one attached hydrogen (secondary N) is 1.